The lowest BCUT2D eigenvalue weighted by atomic mass is 10.1. The quantitative estimate of drug-likeness (QED) is 0.828. The van der Waals surface area contributed by atoms with E-state index in [0.29, 0.717) is 6.04 Å². The molecule has 112 valence electrons. The molecule has 1 heterocycles. The van der Waals surface area contributed by atoms with Crippen LogP contribution in [0.15, 0.2) is 24.3 Å². The molecular formula is C17H28N2S. The molecular weight excluding hydrogens is 264 g/mol. The maximum absolute atomic E-state index is 3.74. The molecule has 1 fully saturated rings. The fourth-order valence-electron chi connectivity index (χ4n) is 2.79. The van der Waals surface area contributed by atoms with E-state index in [-0.39, 0.29) is 0 Å². The van der Waals surface area contributed by atoms with E-state index in [9.17, 15) is 0 Å². The average molecular weight is 292 g/mol. The van der Waals surface area contributed by atoms with Crippen molar-refractivity contribution >= 4 is 11.8 Å². The van der Waals surface area contributed by atoms with E-state index in [4.69, 9.17) is 0 Å². The predicted molar refractivity (Wildman–Crippen MR) is 90.2 cm³/mol. The summed E-state index contributed by atoms with van der Waals surface area (Å²) in [5.41, 5.74) is 2.94. The number of hydrogen-bond acceptors (Lipinski definition) is 3. The molecule has 1 aliphatic heterocycles. The summed E-state index contributed by atoms with van der Waals surface area (Å²) in [6.45, 7) is 11.1. The number of rotatable bonds is 7. The molecule has 3 heteroatoms. The summed E-state index contributed by atoms with van der Waals surface area (Å²) in [4.78, 5) is 2.48. The minimum atomic E-state index is 0.691. The van der Waals surface area contributed by atoms with Crippen molar-refractivity contribution in [3.63, 3.8) is 0 Å². The van der Waals surface area contributed by atoms with E-state index >= 15 is 0 Å². The monoisotopic (exact) mass is 292 g/mol. The number of benzene rings is 1. The summed E-state index contributed by atoms with van der Waals surface area (Å²) in [5, 5.41) is 4.56. The van der Waals surface area contributed by atoms with Crippen LogP contribution in [0.1, 0.15) is 38.3 Å². The van der Waals surface area contributed by atoms with Gasteiger partial charge in [0.1, 0.15) is 0 Å². The highest BCUT2D eigenvalue weighted by Crippen LogP contribution is 2.26. The van der Waals surface area contributed by atoms with E-state index in [1.54, 1.807) is 0 Å². The Bertz CT molecular complexity index is 404. The number of hydrogen-bond donors (Lipinski definition) is 1. The molecule has 1 aliphatic rings. The molecule has 2 rings (SSSR count). The summed E-state index contributed by atoms with van der Waals surface area (Å²) in [6.07, 6.45) is 1.31. The maximum atomic E-state index is 3.74. The van der Waals surface area contributed by atoms with Crippen LogP contribution in [0, 0.1) is 0 Å². The Morgan fingerprint density at radius 2 is 1.90 bits per heavy atom. The second-order valence-electron chi connectivity index (χ2n) is 5.69. The summed E-state index contributed by atoms with van der Waals surface area (Å²) in [7, 11) is 0. The van der Waals surface area contributed by atoms with Crippen molar-refractivity contribution in [2.24, 2.45) is 0 Å². The average Bonchev–Trinajstić information content (AvgIpc) is 2.89. The Balaban J connectivity index is 1.93. The molecule has 0 spiro atoms. The van der Waals surface area contributed by atoms with Crippen LogP contribution in [0.25, 0.3) is 0 Å². The first-order valence-electron chi connectivity index (χ1n) is 7.87. The van der Waals surface area contributed by atoms with Gasteiger partial charge in [0, 0.05) is 30.1 Å². The Morgan fingerprint density at radius 3 is 2.50 bits per heavy atom. The van der Waals surface area contributed by atoms with Crippen molar-refractivity contribution in [1.82, 2.24) is 10.2 Å². The molecule has 0 radical (unpaired) electrons. The van der Waals surface area contributed by atoms with E-state index in [1.165, 1.54) is 23.3 Å². The highest BCUT2D eigenvalue weighted by atomic mass is 32.2. The maximum Gasteiger partial charge on any atom is 0.0236 e. The second kappa shape index (κ2) is 8.06. The van der Waals surface area contributed by atoms with Crippen LogP contribution in [0.3, 0.4) is 0 Å². The number of nitrogens with one attached hydrogen (secondary N) is 1. The normalized spacial score (nSPS) is 22.6. The minimum Gasteiger partial charge on any atom is -0.309 e. The lowest BCUT2D eigenvalue weighted by Crippen LogP contribution is -2.29. The lowest BCUT2D eigenvalue weighted by Gasteiger charge is -2.21. The highest BCUT2D eigenvalue weighted by Gasteiger charge is 2.21. The van der Waals surface area contributed by atoms with Gasteiger partial charge < -0.3 is 5.32 Å². The SMILES string of the molecule is CCN(CC)Cc1ccccc1CNC1CSC(C)C1. The first-order chi connectivity index (χ1) is 9.72. The van der Waals surface area contributed by atoms with Gasteiger partial charge in [0.15, 0.2) is 0 Å². The molecule has 0 aliphatic carbocycles. The molecule has 1 aromatic rings. The minimum absolute atomic E-state index is 0.691. The van der Waals surface area contributed by atoms with Crippen LogP contribution >= 0.6 is 11.8 Å². The van der Waals surface area contributed by atoms with Gasteiger partial charge in [-0.05, 0) is 30.6 Å². The van der Waals surface area contributed by atoms with Gasteiger partial charge in [-0.25, -0.2) is 0 Å². The van der Waals surface area contributed by atoms with E-state index < -0.39 is 0 Å². The molecule has 2 atom stereocenters. The summed E-state index contributed by atoms with van der Waals surface area (Å²) >= 11 is 2.09. The van der Waals surface area contributed by atoms with Gasteiger partial charge in [-0.2, -0.15) is 11.8 Å². The Hall–Kier alpha value is -0.510. The third-order valence-corrected chi connectivity index (χ3v) is 5.54. The van der Waals surface area contributed by atoms with Crippen LogP contribution in [0.5, 0.6) is 0 Å². The third kappa shape index (κ3) is 4.51. The molecule has 0 saturated carbocycles. The summed E-state index contributed by atoms with van der Waals surface area (Å²) < 4.78 is 0. The fraction of sp³-hybridized carbons (Fsp3) is 0.647. The fourth-order valence-corrected chi connectivity index (χ4v) is 3.97. The van der Waals surface area contributed by atoms with Gasteiger partial charge in [-0.1, -0.05) is 45.0 Å². The lowest BCUT2D eigenvalue weighted by molar-refractivity contribution is 0.294. The second-order valence-corrected chi connectivity index (χ2v) is 7.16. The zero-order chi connectivity index (χ0) is 14.4. The van der Waals surface area contributed by atoms with Gasteiger partial charge in [-0.15, -0.1) is 0 Å². The van der Waals surface area contributed by atoms with Gasteiger partial charge in [-0.3, -0.25) is 4.90 Å². The van der Waals surface area contributed by atoms with Gasteiger partial charge in [0.05, 0.1) is 0 Å². The first kappa shape index (κ1) is 15.9. The van der Waals surface area contributed by atoms with Crippen molar-refractivity contribution in [3.05, 3.63) is 35.4 Å². The Labute approximate surface area is 128 Å². The molecule has 1 saturated heterocycles. The molecule has 0 amide bonds. The zero-order valence-corrected chi connectivity index (χ0v) is 13.9. The largest absolute Gasteiger partial charge is 0.309 e. The molecule has 2 unspecified atom stereocenters. The van der Waals surface area contributed by atoms with Crippen molar-refractivity contribution < 1.29 is 0 Å². The number of thioether (sulfide) groups is 1. The predicted octanol–water partition coefficient (Wildman–Crippen LogP) is 3.51. The molecule has 0 bridgehead atoms. The molecule has 0 aromatic heterocycles. The third-order valence-electron chi connectivity index (χ3n) is 4.19. The van der Waals surface area contributed by atoms with Crippen molar-refractivity contribution in [3.8, 4) is 0 Å². The first-order valence-corrected chi connectivity index (χ1v) is 8.91. The zero-order valence-electron chi connectivity index (χ0n) is 13.1. The van der Waals surface area contributed by atoms with Crippen molar-refractivity contribution in [2.45, 2.75) is 51.6 Å². The Morgan fingerprint density at radius 1 is 1.20 bits per heavy atom. The molecule has 1 aromatic carbocycles. The van der Waals surface area contributed by atoms with Gasteiger partial charge in [0.2, 0.25) is 0 Å². The summed E-state index contributed by atoms with van der Waals surface area (Å²) in [6, 6.07) is 9.57. The van der Waals surface area contributed by atoms with Crippen LogP contribution in [0.2, 0.25) is 0 Å². The van der Waals surface area contributed by atoms with Gasteiger partial charge in [0.25, 0.3) is 0 Å². The Kier molecular flexibility index (Phi) is 6.40. The van der Waals surface area contributed by atoms with Crippen LogP contribution in [-0.4, -0.2) is 35.0 Å². The highest BCUT2D eigenvalue weighted by molar-refractivity contribution is 8.00. The van der Waals surface area contributed by atoms with E-state index in [0.717, 1.165) is 31.4 Å². The van der Waals surface area contributed by atoms with Crippen LogP contribution in [0.4, 0.5) is 0 Å². The summed E-state index contributed by atoms with van der Waals surface area (Å²) in [5.74, 6) is 1.26. The standard InChI is InChI=1S/C17H28N2S/c1-4-19(5-2)12-16-9-7-6-8-15(16)11-18-17-10-14(3)20-13-17/h6-9,14,17-18H,4-5,10-13H2,1-3H3. The number of nitrogens with zero attached hydrogens (tertiary/aromatic N) is 1. The topological polar surface area (TPSA) is 15.3 Å². The van der Waals surface area contributed by atoms with Crippen LogP contribution < -0.4 is 5.32 Å². The molecule has 20 heavy (non-hydrogen) atoms. The van der Waals surface area contributed by atoms with Crippen molar-refractivity contribution in [2.75, 3.05) is 18.8 Å². The van der Waals surface area contributed by atoms with E-state index in [2.05, 4.69) is 67.0 Å². The van der Waals surface area contributed by atoms with E-state index in [1.807, 2.05) is 0 Å². The van der Waals surface area contributed by atoms with Gasteiger partial charge >= 0.3 is 0 Å². The smallest absolute Gasteiger partial charge is 0.0236 e. The van der Waals surface area contributed by atoms with Crippen LogP contribution in [-0.2, 0) is 13.1 Å². The molecule has 2 nitrogen and oxygen atoms in total. The van der Waals surface area contributed by atoms with Crippen molar-refractivity contribution in [1.29, 1.82) is 0 Å². The molecule has 1 N–H and O–H groups in total.